The molecular formula is C19H21FN2O3. The van der Waals surface area contributed by atoms with E-state index in [0.717, 1.165) is 5.56 Å². The van der Waals surface area contributed by atoms with Crippen molar-refractivity contribution in [2.45, 2.75) is 6.61 Å². The normalized spacial score (nSPS) is 10.2. The molecule has 2 amide bonds. The van der Waals surface area contributed by atoms with E-state index in [-0.39, 0.29) is 31.6 Å². The Morgan fingerprint density at radius 1 is 1.28 bits per heavy atom. The zero-order valence-corrected chi connectivity index (χ0v) is 13.8. The third kappa shape index (κ3) is 5.93. The molecule has 0 aliphatic rings. The van der Waals surface area contributed by atoms with Crippen molar-refractivity contribution in [3.8, 4) is 5.75 Å². The van der Waals surface area contributed by atoms with Crippen molar-refractivity contribution in [2.75, 3.05) is 25.0 Å². The highest BCUT2D eigenvalue weighted by molar-refractivity contribution is 5.89. The molecule has 2 rings (SSSR count). The zero-order valence-electron chi connectivity index (χ0n) is 13.8. The molecule has 0 fully saturated rings. The fourth-order valence-corrected chi connectivity index (χ4v) is 2.22. The third-order valence-electron chi connectivity index (χ3n) is 3.39. The monoisotopic (exact) mass is 344 g/mol. The Morgan fingerprint density at radius 3 is 2.80 bits per heavy atom. The minimum atomic E-state index is -0.357. The maximum absolute atomic E-state index is 13.1. The number of nitrogens with one attached hydrogen (secondary N) is 1. The Kier molecular flexibility index (Phi) is 6.98. The molecule has 0 saturated heterocycles. The molecule has 0 aliphatic carbocycles. The Balaban J connectivity index is 1.98. The van der Waals surface area contributed by atoms with E-state index in [1.54, 1.807) is 36.4 Å². The lowest BCUT2D eigenvalue weighted by Crippen LogP contribution is -2.37. The first-order valence-electron chi connectivity index (χ1n) is 7.87. The van der Waals surface area contributed by atoms with Gasteiger partial charge in [0.1, 0.15) is 18.2 Å². The van der Waals surface area contributed by atoms with Crippen molar-refractivity contribution < 1.29 is 19.0 Å². The lowest BCUT2D eigenvalue weighted by Gasteiger charge is -2.20. The summed E-state index contributed by atoms with van der Waals surface area (Å²) in [5, 5.41) is 11.8. The largest absolute Gasteiger partial charge is 0.489 e. The third-order valence-corrected chi connectivity index (χ3v) is 3.39. The molecule has 0 spiro atoms. The van der Waals surface area contributed by atoms with Crippen molar-refractivity contribution in [3.05, 3.63) is 72.6 Å². The summed E-state index contributed by atoms with van der Waals surface area (Å²) >= 11 is 0. The van der Waals surface area contributed by atoms with Gasteiger partial charge in [-0.3, -0.25) is 0 Å². The molecule has 0 saturated carbocycles. The first-order valence-corrected chi connectivity index (χ1v) is 7.87. The molecule has 132 valence electrons. The number of urea groups is 1. The van der Waals surface area contributed by atoms with Gasteiger partial charge >= 0.3 is 6.03 Å². The van der Waals surface area contributed by atoms with Crippen LogP contribution in [0.5, 0.6) is 5.75 Å². The number of anilines is 1. The van der Waals surface area contributed by atoms with Gasteiger partial charge in [-0.05, 0) is 29.8 Å². The molecule has 2 aromatic carbocycles. The molecule has 0 unspecified atom stereocenters. The second-order valence-electron chi connectivity index (χ2n) is 5.33. The number of hydrogen-bond acceptors (Lipinski definition) is 3. The minimum absolute atomic E-state index is 0.122. The number of nitrogens with zero attached hydrogens (tertiary/aromatic N) is 1. The van der Waals surface area contributed by atoms with E-state index in [0.29, 0.717) is 18.0 Å². The lowest BCUT2D eigenvalue weighted by molar-refractivity contribution is 0.195. The molecule has 0 atom stereocenters. The number of aliphatic hydroxyl groups is 1. The molecule has 2 N–H and O–H groups in total. The second-order valence-corrected chi connectivity index (χ2v) is 5.33. The van der Waals surface area contributed by atoms with Gasteiger partial charge in [0.15, 0.2) is 0 Å². The van der Waals surface area contributed by atoms with Gasteiger partial charge in [-0.2, -0.15) is 0 Å². The Morgan fingerprint density at radius 2 is 2.08 bits per heavy atom. The highest BCUT2D eigenvalue weighted by Crippen LogP contribution is 2.16. The molecule has 0 aromatic heterocycles. The van der Waals surface area contributed by atoms with Crippen LogP contribution in [0.2, 0.25) is 0 Å². The molecule has 2 aromatic rings. The SMILES string of the molecule is C=CCN(CCO)C(=O)Nc1cccc(COc2cccc(F)c2)c1. The number of ether oxygens (including phenoxy) is 1. The number of carbonyl (C=O) groups is 1. The van der Waals surface area contributed by atoms with Crippen LogP contribution in [0.1, 0.15) is 5.56 Å². The maximum Gasteiger partial charge on any atom is 0.322 e. The Labute approximate surface area is 146 Å². The number of amides is 2. The predicted molar refractivity (Wildman–Crippen MR) is 95.0 cm³/mol. The van der Waals surface area contributed by atoms with Crippen LogP contribution in [0, 0.1) is 5.82 Å². The van der Waals surface area contributed by atoms with Crippen LogP contribution in [0.4, 0.5) is 14.9 Å². The molecule has 5 nitrogen and oxygen atoms in total. The van der Waals surface area contributed by atoms with Gasteiger partial charge < -0.3 is 20.1 Å². The standard InChI is InChI=1S/C19H21FN2O3/c1-2-9-22(10-11-23)19(24)21-17-7-3-5-15(12-17)14-25-18-8-4-6-16(20)13-18/h2-8,12-13,23H,1,9-11,14H2,(H,21,24). The Bertz CT molecular complexity index is 721. The van der Waals surface area contributed by atoms with Gasteiger partial charge in [-0.15, -0.1) is 6.58 Å². The smallest absolute Gasteiger partial charge is 0.322 e. The van der Waals surface area contributed by atoms with Crippen molar-refractivity contribution in [2.24, 2.45) is 0 Å². The van der Waals surface area contributed by atoms with Crippen molar-refractivity contribution in [1.82, 2.24) is 4.90 Å². The quantitative estimate of drug-likeness (QED) is 0.722. The Hall–Kier alpha value is -2.86. The molecule has 25 heavy (non-hydrogen) atoms. The highest BCUT2D eigenvalue weighted by Gasteiger charge is 2.11. The number of aliphatic hydroxyl groups excluding tert-OH is 1. The van der Waals surface area contributed by atoms with Crippen molar-refractivity contribution in [3.63, 3.8) is 0 Å². The van der Waals surface area contributed by atoms with E-state index in [1.165, 1.54) is 17.0 Å². The van der Waals surface area contributed by atoms with E-state index in [1.807, 2.05) is 6.07 Å². The van der Waals surface area contributed by atoms with E-state index in [9.17, 15) is 9.18 Å². The summed E-state index contributed by atoms with van der Waals surface area (Å²) in [6.45, 7) is 4.29. The van der Waals surface area contributed by atoms with Crippen molar-refractivity contribution in [1.29, 1.82) is 0 Å². The summed E-state index contributed by atoms with van der Waals surface area (Å²) in [5.41, 5.74) is 1.44. The van der Waals surface area contributed by atoms with Crippen molar-refractivity contribution >= 4 is 11.7 Å². The molecule has 0 heterocycles. The van der Waals surface area contributed by atoms with Crippen LogP contribution in [-0.2, 0) is 6.61 Å². The number of rotatable bonds is 8. The lowest BCUT2D eigenvalue weighted by atomic mass is 10.2. The number of halogens is 1. The van der Waals surface area contributed by atoms with Crippen LogP contribution < -0.4 is 10.1 Å². The van der Waals surface area contributed by atoms with Gasteiger partial charge in [0, 0.05) is 24.8 Å². The zero-order chi connectivity index (χ0) is 18.1. The maximum atomic E-state index is 13.1. The minimum Gasteiger partial charge on any atom is -0.489 e. The highest BCUT2D eigenvalue weighted by atomic mass is 19.1. The van der Waals surface area contributed by atoms with Crippen LogP contribution in [0.15, 0.2) is 61.2 Å². The summed E-state index contributed by atoms with van der Waals surface area (Å²) in [6, 6.07) is 12.8. The van der Waals surface area contributed by atoms with E-state index < -0.39 is 0 Å². The summed E-state index contributed by atoms with van der Waals surface area (Å²) in [5.74, 6) is 0.0826. The molecule has 0 aliphatic heterocycles. The van der Waals surface area contributed by atoms with Gasteiger partial charge in [0.05, 0.1) is 6.61 Å². The second kappa shape index (κ2) is 9.44. The van der Waals surface area contributed by atoms with Crippen LogP contribution in [0.25, 0.3) is 0 Å². The van der Waals surface area contributed by atoms with E-state index >= 15 is 0 Å². The molecule has 6 heteroatoms. The summed E-state index contributed by atoms with van der Waals surface area (Å²) in [4.78, 5) is 13.7. The fourth-order valence-electron chi connectivity index (χ4n) is 2.22. The van der Waals surface area contributed by atoms with Gasteiger partial charge in [-0.25, -0.2) is 9.18 Å². The molecular weight excluding hydrogens is 323 g/mol. The van der Waals surface area contributed by atoms with E-state index in [2.05, 4.69) is 11.9 Å². The van der Waals surface area contributed by atoms with Crippen LogP contribution in [0.3, 0.4) is 0 Å². The molecule has 0 bridgehead atoms. The summed E-state index contributed by atoms with van der Waals surface area (Å²) in [6.07, 6.45) is 1.60. The molecule has 0 radical (unpaired) electrons. The number of carbonyl (C=O) groups excluding carboxylic acids is 1. The average Bonchev–Trinajstić information content (AvgIpc) is 2.60. The van der Waals surface area contributed by atoms with Crippen LogP contribution in [-0.4, -0.2) is 35.7 Å². The van der Waals surface area contributed by atoms with Gasteiger partial charge in [0.2, 0.25) is 0 Å². The van der Waals surface area contributed by atoms with E-state index in [4.69, 9.17) is 9.84 Å². The summed E-state index contributed by atoms with van der Waals surface area (Å²) < 4.78 is 18.7. The first-order chi connectivity index (χ1) is 12.1. The predicted octanol–water partition coefficient (Wildman–Crippen LogP) is 3.42. The fraction of sp³-hybridized carbons (Fsp3) is 0.211. The van der Waals surface area contributed by atoms with Gasteiger partial charge in [-0.1, -0.05) is 24.3 Å². The number of hydrogen-bond donors (Lipinski definition) is 2. The average molecular weight is 344 g/mol. The summed E-state index contributed by atoms with van der Waals surface area (Å²) in [7, 11) is 0. The topological polar surface area (TPSA) is 61.8 Å². The van der Waals surface area contributed by atoms with Crippen LogP contribution >= 0.6 is 0 Å². The first kappa shape index (κ1) is 18.5. The van der Waals surface area contributed by atoms with Gasteiger partial charge in [0.25, 0.3) is 0 Å². The number of benzene rings is 2.